The number of carbonyl (C=O) groups excluding carboxylic acids is 1. The molecule has 5 nitrogen and oxygen atoms in total. The molecule has 0 saturated heterocycles. The van der Waals surface area contributed by atoms with Gasteiger partial charge in [-0.2, -0.15) is 5.10 Å². The van der Waals surface area contributed by atoms with Gasteiger partial charge in [-0.3, -0.25) is 4.79 Å². The number of halogens is 1. The van der Waals surface area contributed by atoms with Crippen LogP contribution in [0.5, 0.6) is 0 Å². The van der Waals surface area contributed by atoms with E-state index in [1.54, 1.807) is 41.4 Å². The molecule has 0 atom stereocenters. The van der Waals surface area contributed by atoms with Gasteiger partial charge in [-0.05, 0) is 49.4 Å². The Morgan fingerprint density at radius 3 is 2.68 bits per heavy atom. The van der Waals surface area contributed by atoms with Crippen LogP contribution in [0.15, 0.2) is 77.5 Å². The number of furan rings is 1. The normalized spacial score (nSPS) is 10.8. The Hall–Kier alpha value is -3.67. The maximum Gasteiger partial charge on any atom is 0.255 e. The van der Waals surface area contributed by atoms with E-state index in [1.807, 2.05) is 31.2 Å². The van der Waals surface area contributed by atoms with Crippen LogP contribution in [0.25, 0.3) is 16.9 Å². The standard InChI is InChI=1S/C22H18FN3O2/c1-15-4-2-5-16(12-15)21-20(22(27)24-13-19-6-3-11-28-19)14-26(25-21)18-9-7-17(23)8-10-18/h2-12,14H,13H2,1H3,(H,24,27). The molecule has 4 aromatic rings. The number of carbonyl (C=O) groups is 1. The average Bonchev–Trinajstić information content (AvgIpc) is 3.37. The molecule has 0 radical (unpaired) electrons. The lowest BCUT2D eigenvalue weighted by Crippen LogP contribution is -2.22. The highest BCUT2D eigenvalue weighted by molar-refractivity contribution is 5.99. The summed E-state index contributed by atoms with van der Waals surface area (Å²) in [5.41, 5.74) is 3.56. The molecule has 6 heteroatoms. The number of benzene rings is 2. The molecular formula is C22H18FN3O2. The van der Waals surface area contributed by atoms with E-state index in [2.05, 4.69) is 10.4 Å². The third kappa shape index (κ3) is 3.71. The van der Waals surface area contributed by atoms with E-state index in [9.17, 15) is 9.18 Å². The van der Waals surface area contributed by atoms with Crippen LogP contribution in [-0.2, 0) is 6.54 Å². The number of nitrogens with one attached hydrogen (secondary N) is 1. The molecule has 28 heavy (non-hydrogen) atoms. The fraction of sp³-hybridized carbons (Fsp3) is 0.0909. The lowest BCUT2D eigenvalue weighted by molar-refractivity contribution is 0.0948. The molecule has 0 saturated carbocycles. The van der Waals surface area contributed by atoms with Gasteiger partial charge in [-0.15, -0.1) is 0 Å². The summed E-state index contributed by atoms with van der Waals surface area (Å²) in [7, 11) is 0. The van der Waals surface area contributed by atoms with Gasteiger partial charge in [0, 0.05) is 11.8 Å². The summed E-state index contributed by atoms with van der Waals surface area (Å²) in [6, 6.07) is 17.3. The highest BCUT2D eigenvalue weighted by Crippen LogP contribution is 2.25. The molecule has 0 unspecified atom stereocenters. The van der Waals surface area contributed by atoms with Crippen LogP contribution >= 0.6 is 0 Å². The monoisotopic (exact) mass is 375 g/mol. The summed E-state index contributed by atoms with van der Waals surface area (Å²) in [5.74, 6) is 0.0730. The molecule has 1 amide bonds. The van der Waals surface area contributed by atoms with E-state index in [-0.39, 0.29) is 18.3 Å². The second-order valence-corrected chi connectivity index (χ2v) is 6.44. The highest BCUT2D eigenvalue weighted by Gasteiger charge is 2.19. The highest BCUT2D eigenvalue weighted by atomic mass is 19.1. The van der Waals surface area contributed by atoms with E-state index in [0.717, 1.165) is 11.1 Å². The Bertz CT molecular complexity index is 1100. The Morgan fingerprint density at radius 2 is 1.96 bits per heavy atom. The SMILES string of the molecule is Cc1cccc(-c2nn(-c3ccc(F)cc3)cc2C(=O)NCc2ccco2)c1. The smallest absolute Gasteiger partial charge is 0.255 e. The van der Waals surface area contributed by atoms with Gasteiger partial charge >= 0.3 is 0 Å². The van der Waals surface area contributed by atoms with Crippen LogP contribution in [-0.4, -0.2) is 15.7 Å². The van der Waals surface area contributed by atoms with Gasteiger partial charge in [0.1, 0.15) is 17.3 Å². The van der Waals surface area contributed by atoms with Gasteiger partial charge in [-0.25, -0.2) is 9.07 Å². The molecule has 4 rings (SSSR count). The van der Waals surface area contributed by atoms with Gasteiger partial charge < -0.3 is 9.73 Å². The van der Waals surface area contributed by atoms with Crippen molar-refractivity contribution >= 4 is 5.91 Å². The first-order chi connectivity index (χ1) is 13.6. The van der Waals surface area contributed by atoms with Crippen LogP contribution in [0, 0.1) is 12.7 Å². The molecular weight excluding hydrogens is 357 g/mol. The summed E-state index contributed by atoms with van der Waals surface area (Å²) in [4.78, 5) is 12.9. The van der Waals surface area contributed by atoms with Crippen molar-refractivity contribution in [2.75, 3.05) is 0 Å². The first-order valence-electron chi connectivity index (χ1n) is 8.83. The number of rotatable bonds is 5. The molecule has 0 aliphatic heterocycles. The number of aromatic nitrogens is 2. The summed E-state index contributed by atoms with van der Waals surface area (Å²) in [6.07, 6.45) is 3.22. The number of hydrogen-bond donors (Lipinski definition) is 1. The summed E-state index contributed by atoms with van der Waals surface area (Å²) in [5, 5.41) is 7.45. The van der Waals surface area contributed by atoms with Crippen LogP contribution in [0.1, 0.15) is 21.7 Å². The van der Waals surface area contributed by atoms with Crippen molar-refractivity contribution in [3.8, 4) is 16.9 Å². The fourth-order valence-electron chi connectivity index (χ4n) is 2.95. The minimum absolute atomic E-state index is 0.263. The van der Waals surface area contributed by atoms with Gasteiger partial charge in [0.15, 0.2) is 0 Å². The largest absolute Gasteiger partial charge is 0.467 e. The molecule has 1 N–H and O–H groups in total. The van der Waals surface area contributed by atoms with E-state index < -0.39 is 0 Å². The van der Waals surface area contributed by atoms with Gasteiger partial charge in [0.2, 0.25) is 0 Å². The number of amides is 1. The van der Waals surface area contributed by atoms with Crippen molar-refractivity contribution < 1.29 is 13.6 Å². The number of nitrogens with zero attached hydrogens (tertiary/aromatic N) is 2. The van der Waals surface area contributed by atoms with Crippen molar-refractivity contribution in [3.05, 3.63) is 95.8 Å². The van der Waals surface area contributed by atoms with Crippen LogP contribution in [0.4, 0.5) is 4.39 Å². The Labute approximate surface area is 161 Å². The molecule has 0 fully saturated rings. The zero-order valence-electron chi connectivity index (χ0n) is 15.2. The molecule has 0 bridgehead atoms. The van der Waals surface area contributed by atoms with Crippen LogP contribution in [0.3, 0.4) is 0 Å². The van der Waals surface area contributed by atoms with Crippen molar-refractivity contribution in [1.82, 2.24) is 15.1 Å². The lowest BCUT2D eigenvalue weighted by Gasteiger charge is -2.04. The molecule has 0 aliphatic carbocycles. The maximum absolute atomic E-state index is 13.3. The van der Waals surface area contributed by atoms with Crippen molar-refractivity contribution in [2.45, 2.75) is 13.5 Å². The van der Waals surface area contributed by atoms with Gasteiger partial charge in [0.25, 0.3) is 5.91 Å². The van der Waals surface area contributed by atoms with Crippen LogP contribution < -0.4 is 5.32 Å². The van der Waals surface area contributed by atoms with Crippen molar-refractivity contribution in [1.29, 1.82) is 0 Å². The zero-order chi connectivity index (χ0) is 19.5. The summed E-state index contributed by atoms with van der Waals surface area (Å²) in [6.45, 7) is 2.26. The summed E-state index contributed by atoms with van der Waals surface area (Å²) < 4.78 is 20.1. The third-order valence-electron chi connectivity index (χ3n) is 4.34. The van der Waals surface area contributed by atoms with Crippen molar-refractivity contribution in [3.63, 3.8) is 0 Å². The van der Waals surface area contributed by atoms with Crippen LogP contribution in [0.2, 0.25) is 0 Å². The van der Waals surface area contributed by atoms with E-state index in [0.29, 0.717) is 22.7 Å². The number of hydrogen-bond acceptors (Lipinski definition) is 3. The predicted octanol–water partition coefficient (Wildman–Crippen LogP) is 4.51. The second kappa shape index (κ2) is 7.52. The fourth-order valence-corrected chi connectivity index (χ4v) is 2.95. The number of aryl methyl sites for hydroxylation is 1. The van der Waals surface area contributed by atoms with Crippen molar-refractivity contribution in [2.24, 2.45) is 0 Å². The van der Waals surface area contributed by atoms with E-state index in [4.69, 9.17) is 4.42 Å². The summed E-state index contributed by atoms with van der Waals surface area (Å²) >= 11 is 0. The molecule has 140 valence electrons. The Kier molecular flexibility index (Phi) is 4.76. The maximum atomic E-state index is 13.3. The first kappa shape index (κ1) is 17.7. The quantitative estimate of drug-likeness (QED) is 0.558. The Morgan fingerprint density at radius 1 is 1.14 bits per heavy atom. The minimum atomic E-state index is -0.328. The minimum Gasteiger partial charge on any atom is -0.467 e. The Balaban J connectivity index is 1.72. The van der Waals surface area contributed by atoms with E-state index in [1.165, 1.54) is 12.1 Å². The molecule has 2 aromatic heterocycles. The van der Waals surface area contributed by atoms with Gasteiger partial charge in [0.05, 0.1) is 24.1 Å². The van der Waals surface area contributed by atoms with E-state index >= 15 is 0 Å². The third-order valence-corrected chi connectivity index (χ3v) is 4.34. The lowest BCUT2D eigenvalue weighted by atomic mass is 10.1. The second-order valence-electron chi connectivity index (χ2n) is 6.44. The zero-order valence-corrected chi connectivity index (χ0v) is 15.2. The molecule has 2 aromatic carbocycles. The topological polar surface area (TPSA) is 60.1 Å². The molecule has 0 spiro atoms. The molecule has 2 heterocycles. The van der Waals surface area contributed by atoms with Gasteiger partial charge in [-0.1, -0.05) is 23.8 Å². The first-order valence-corrected chi connectivity index (χ1v) is 8.83. The predicted molar refractivity (Wildman–Crippen MR) is 104 cm³/mol. The average molecular weight is 375 g/mol. The molecule has 0 aliphatic rings.